The molecule has 0 atom stereocenters. The lowest BCUT2D eigenvalue weighted by atomic mass is 9.82. The summed E-state index contributed by atoms with van der Waals surface area (Å²) in [6.07, 6.45) is 5.49. The van der Waals surface area contributed by atoms with Gasteiger partial charge in [0.05, 0.1) is 19.1 Å². The molecule has 10 nitrogen and oxygen atoms in total. The molecule has 10 heteroatoms. The maximum Gasteiger partial charge on any atom is 0.329 e. The highest BCUT2D eigenvalue weighted by Gasteiger charge is 2.25. The highest BCUT2D eigenvalue weighted by Crippen LogP contribution is 2.32. The van der Waals surface area contributed by atoms with Crippen LogP contribution in [-0.2, 0) is 6.54 Å². The number of methoxy groups -OCH3 is 2. The highest BCUT2D eigenvalue weighted by molar-refractivity contribution is 5.54. The predicted molar refractivity (Wildman–Crippen MR) is 118 cm³/mol. The third kappa shape index (κ3) is 5.52. The first-order valence-corrected chi connectivity index (χ1v) is 10.4. The van der Waals surface area contributed by atoms with Crippen LogP contribution in [0.4, 0.5) is 17.5 Å². The molecule has 31 heavy (non-hydrogen) atoms. The van der Waals surface area contributed by atoms with Crippen LogP contribution in [0.2, 0.25) is 0 Å². The number of benzene rings is 1. The fourth-order valence-electron chi connectivity index (χ4n) is 4.06. The van der Waals surface area contributed by atoms with Crippen LogP contribution in [0.25, 0.3) is 0 Å². The first-order chi connectivity index (χ1) is 14.9. The summed E-state index contributed by atoms with van der Waals surface area (Å²) in [5.41, 5.74) is 12.3. The number of hydrogen-bond acceptors (Lipinski definition) is 9. The Hall–Kier alpha value is -3.14. The van der Waals surface area contributed by atoms with Crippen LogP contribution in [0, 0.1) is 22.0 Å². The molecule has 1 aromatic carbocycles. The Morgan fingerprint density at radius 1 is 1.19 bits per heavy atom. The van der Waals surface area contributed by atoms with Crippen molar-refractivity contribution in [1.29, 1.82) is 0 Å². The van der Waals surface area contributed by atoms with Crippen molar-refractivity contribution < 1.29 is 14.4 Å². The van der Waals surface area contributed by atoms with Crippen molar-refractivity contribution in [2.45, 2.75) is 32.2 Å². The van der Waals surface area contributed by atoms with Crippen molar-refractivity contribution in [3.05, 3.63) is 40.1 Å². The minimum Gasteiger partial charge on any atom is -0.497 e. The quantitative estimate of drug-likeness (QED) is 0.453. The summed E-state index contributed by atoms with van der Waals surface area (Å²) in [5.74, 6) is 2.66. The standard InChI is InChI=1S/C21H30N6O4/c1-30-17-7-8-19(31-2)16(9-17)13-26(12-15-5-3-14(10-22)4-6-15)21-24-11-18(27(28)29)20(23)25-21/h7-9,11,14-15H,3-6,10,12-13,22H2,1-2H3,(H2,23,24,25). The summed E-state index contributed by atoms with van der Waals surface area (Å²) >= 11 is 0. The van der Waals surface area contributed by atoms with Gasteiger partial charge in [0.1, 0.15) is 17.7 Å². The normalized spacial score (nSPS) is 18.4. The van der Waals surface area contributed by atoms with Gasteiger partial charge in [-0.25, -0.2) is 4.98 Å². The minimum absolute atomic E-state index is 0.149. The molecular formula is C21H30N6O4. The summed E-state index contributed by atoms with van der Waals surface area (Å²) in [5, 5.41) is 11.1. The van der Waals surface area contributed by atoms with Crippen LogP contribution in [-0.4, -0.2) is 42.2 Å². The Labute approximate surface area is 181 Å². The molecule has 1 heterocycles. The number of nitrogen functional groups attached to an aromatic ring is 1. The number of aromatic nitrogens is 2. The van der Waals surface area contributed by atoms with Gasteiger partial charge in [-0.15, -0.1) is 0 Å². The summed E-state index contributed by atoms with van der Waals surface area (Å²) < 4.78 is 10.9. The second-order valence-corrected chi connectivity index (χ2v) is 7.88. The zero-order valence-electron chi connectivity index (χ0n) is 18.0. The van der Waals surface area contributed by atoms with Gasteiger partial charge >= 0.3 is 5.69 Å². The van der Waals surface area contributed by atoms with Crippen molar-refractivity contribution in [3.8, 4) is 11.5 Å². The van der Waals surface area contributed by atoms with E-state index in [0.29, 0.717) is 42.4 Å². The lowest BCUT2D eigenvalue weighted by molar-refractivity contribution is -0.384. The number of anilines is 2. The molecule has 0 aliphatic heterocycles. The number of rotatable bonds is 9. The zero-order chi connectivity index (χ0) is 22.4. The molecule has 2 aromatic rings. The molecule has 168 valence electrons. The van der Waals surface area contributed by atoms with E-state index in [9.17, 15) is 10.1 Å². The van der Waals surface area contributed by atoms with E-state index in [-0.39, 0.29) is 11.5 Å². The van der Waals surface area contributed by atoms with Crippen LogP contribution in [0.5, 0.6) is 11.5 Å². The van der Waals surface area contributed by atoms with Gasteiger partial charge in [0.2, 0.25) is 11.8 Å². The third-order valence-electron chi connectivity index (χ3n) is 5.89. The van der Waals surface area contributed by atoms with Gasteiger partial charge in [0, 0.05) is 18.7 Å². The molecule has 1 saturated carbocycles. The average Bonchev–Trinajstić information content (AvgIpc) is 2.78. The van der Waals surface area contributed by atoms with Gasteiger partial charge < -0.3 is 25.8 Å². The number of hydrogen-bond donors (Lipinski definition) is 2. The van der Waals surface area contributed by atoms with E-state index < -0.39 is 4.92 Å². The number of nitro groups is 1. The Morgan fingerprint density at radius 3 is 2.48 bits per heavy atom. The van der Waals surface area contributed by atoms with E-state index >= 15 is 0 Å². The zero-order valence-corrected chi connectivity index (χ0v) is 18.0. The highest BCUT2D eigenvalue weighted by atomic mass is 16.6. The molecule has 3 rings (SSSR count). The van der Waals surface area contributed by atoms with Gasteiger partial charge in [-0.1, -0.05) is 0 Å². The second kappa shape index (κ2) is 10.3. The fourth-order valence-corrected chi connectivity index (χ4v) is 4.06. The molecular weight excluding hydrogens is 400 g/mol. The molecule has 0 spiro atoms. The van der Waals surface area contributed by atoms with Crippen molar-refractivity contribution in [3.63, 3.8) is 0 Å². The molecule has 0 amide bonds. The maximum atomic E-state index is 11.1. The lowest BCUT2D eigenvalue weighted by Crippen LogP contribution is -2.33. The fraction of sp³-hybridized carbons (Fsp3) is 0.524. The summed E-state index contributed by atoms with van der Waals surface area (Å²) in [6.45, 7) is 1.88. The van der Waals surface area contributed by atoms with Crippen molar-refractivity contribution in [2.24, 2.45) is 17.6 Å². The van der Waals surface area contributed by atoms with Crippen LogP contribution >= 0.6 is 0 Å². The van der Waals surface area contributed by atoms with E-state index in [1.807, 2.05) is 23.1 Å². The van der Waals surface area contributed by atoms with Crippen LogP contribution in [0.1, 0.15) is 31.2 Å². The Bertz CT molecular complexity index is 901. The van der Waals surface area contributed by atoms with Gasteiger partial charge in [-0.2, -0.15) is 4.98 Å². The van der Waals surface area contributed by atoms with Crippen molar-refractivity contribution in [2.75, 3.05) is 37.9 Å². The summed E-state index contributed by atoms with van der Waals surface area (Å²) in [4.78, 5) is 21.0. The maximum absolute atomic E-state index is 11.1. The summed E-state index contributed by atoms with van der Waals surface area (Å²) in [7, 11) is 3.23. The van der Waals surface area contributed by atoms with Crippen LogP contribution in [0.3, 0.4) is 0 Å². The molecule has 1 aliphatic carbocycles. The molecule has 1 aliphatic rings. The average molecular weight is 431 g/mol. The van der Waals surface area contributed by atoms with E-state index in [4.69, 9.17) is 20.9 Å². The smallest absolute Gasteiger partial charge is 0.329 e. The number of ether oxygens (including phenoxy) is 2. The van der Waals surface area contributed by atoms with E-state index in [1.54, 1.807) is 14.2 Å². The lowest BCUT2D eigenvalue weighted by Gasteiger charge is -2.32. The molecule has 4 N–H and O–H groups in total. The first-order valence-electron chi connectivity index (χ1n) is 10.4. The minimum atomic E-state index is -0.581. The molecule has 0 radical (unpaired) electrons. The van der Waals surface area contributed by atoms with Gasteiger partial charge in [0.15, 0.2) is 0 Å². The molecule has 0 saturated heterocycles. The monoisotopic (exact) mass is 430 g/mol. The van der Waals surface area contributed by atoms with E-state index in [2.05, 4.69) is 9.97 Å². The second-order valence-electron chi connectivity index (χ2n) is 7.88. The number of nitrogens with two attached hydrogens (primary N) is 2. The van der Waals surface area contributed by atoms with Crippen molar-refractivity contribution in [1.82, 2.24) is 9.97 Å². The Morgan fingerprint density at radius 2 is 1.90 bits per heavy atom. The van der Waals surface area contributed by atoms with E-state index in [1.165, 1.54) is 6.20 Å². The van der Waals surface area contributed by atoms with Crippen LogP contribution in [0.15, 0.2) is 24.4 Å². The largest absolute Gasteiger partial charge is 0.497 e. The van der Waals surface area contributed by atoms with Gasteiger partial charge in [-0.05, 0) is 62.3 Å². The van der Waals surface area contributed by atoms with E-state index in [0.717, 1.165) is 37.8 Å². The Kier molecular flexibility index (Phi) is 7.45. The topological polar surface area (TPSA) is 143 Å². The predicted octanol–water partition coefficient (Wildman–Crippen LogP) is 2.76. The molecule has 1 aromatic heterocycles. The van der Waals surface area contributed by atoms with Crippen LogP contribution < -0.4 is 25.8 Å². The third-order valence-corrected chi connectivity index (χ3v) is 5.89. The molecule has 1 fully saturated rings. The van der Waals surface area contributed by atoms with Gasteiger partial charge in [-0.3, -0.25) is 10.1 Å². The van der Waals surface area contributed by atoms with Crippen molar-refractivity contribution >= 4 is 17.5 Å². The SMILES string of the molecule is COc1ccc(OC)c(CN(CC2CCC(CN)CC2)c2ncc([N+](=O)[O-])c(N)n2)c1. The summed E-state index contributed by atoms with van der Waals surface area (Å²) in [6, 6.07) is 5.59. The number of nitrogens with zero attached hydrogens (tertiary/aromatic N) is 4. The Balaban J connectivity index is 1.89. The molecule has 0 bridgehead atoms. The van der Waals surface area contributed by atoms with Gasteiger partial charge in [0.25, 0.3) is 0 Å². The first kappa shape index (κ1) is 22.5. The molecule has 0 unspecified atom stereocenters.